The third-order valence-electron chi connectivity index (χ3n) is 3.46. The molecule has 0 saturated heterocycles. The van der Waals surface area contributed by atoms with Crippen LogP contribution in [0.1, 0.15) is 22.5 Å². The van der Waals surface area contributed by atoms with Gasteiger partial charge >= 0.3 is 0 Å². The zero-order valence-corrected chi connectivity index (χ0v) is 12.8. The first-order valence-corrected chi connectivity index (χ1v) is 6.91. The number of nitrogens with zero attached hydrogens (tertiary/aromatic N) is 3. The van der Waals surface area contributed by atoms with Crippen molar-refractivity contribution in [2.45, 2.75) is 26.3 Å². The van der Waals surface area contributed by atoms with E-state index in [1.54, 1.807) is 10.7 Å². The molecule has 0 bridgehead atoms. The second kappa shape index (κ2) is 6.13. The summed E-state index contributed by atoms with van der Waals surface area (Å²) in [6.45, 7) is 4.22. The molecular weight excluding hydrogens is 294 g/mol. The molecule has 1 aromatic carbocycles. The van der Waals surface area contributed by atoms with E-state index in [0.29, 0.717) is 23.7 Å². The highest BCUT2D eigenvalue weighted by Gasteiger charge is 2.15. The van der Waals surface area contributed by atoms with Gasteiger partial charge in [-0.15, -0.1) is 11.6 Å². The number of non-ortho nitro benzene ring substituents is 1. The van der Waals surface area contributed by atoms with Crippen molar-refractivity contribution in [3.05, 3.63) is 50.8 Å². The first-order valence-electron chi connectivity index (χ1n) is 6.38. The molecule has 0 aliphatic carbocycles. The van der Waals surface area contributed by atoms with Crippen molar-refractivity contribution in [2.24, 2.45) is 0 Å². The molecular formula is C14H16ClN3O3. The van der Waals surface area contributed by atoms with E-state index >= 15 is 0 Å². The van der Waals surface area contributed by atoms with E-state index < -0.39 is 4.92 Å². The fourth-order valence-corrected chi connectivity index (χ4v) is 2.63. The fraction of sp³-hybridized carbons (Fsp3) is 0.357. The van der Waals surface area contributed by atoms with Crippen LogP contribution in [0.4, 0.5) is 5.69 Å². The Morgan fingerprint density at radius 2 is 2.14 bits per heavy atom. The smallest absolute Gasteiger partial charge is 0.270 e. The van der Waals surface area contributed by atoms with E-state index in [-0.39, 0.29) is 5.69 Å². The summed E-state index contributed by atoms with van der Waals surface area (Å²) in [6, 6.07) is 4.53. The minimum atomic E-state index is -0.422. The Hall–Kier alpha value is -2.08. The topological polar surface area (TPSA) is 70.2 Å². The largest absolute Gasteiger partial charge is 0.496 e. The lowest BCUT2D eigenvalue weighted by Crippen LogP contribution is -2.06. The van der Waals surface area contributed by atoms with E-state index in [4.69, 9.17) is 16.3 Å². The number of rotatable bonds is 5. The number of methoxy groups -OCH3 is 1. The fourth-order valence-electron chi connectivity index (χ4n) is 2.24. The van der Waals surface area contributed by atoms with Crippen molar-refractivity contribution < 1.29 is 9.66 Å². The van der Waals surface area contributed by atoms with E-state index in [2.05, 4.69) is 5.10 Å². The summed E-state index contributed by atoms with van der Waals surface area (Å²) in [7, 11) is 1.54. The number of nitro groups is 1. The Labute approximate surface area is 127 Å². The van der Waals surface area contributed by atoms with Gasteiger partial charge < -0.3 is 4.74 Å². The number of alkyl halides is 1. The average molecular weight is 310 g/mol. The number of hydrogen-bond donors (Lipinski definition) is 0. The summed E-state index contributed by atoms with van der Waals surface area (Å²) in [6.07, 6.45) is 0. The molecule has 7 heteroatoms. The molecule has 0 aliphatic heterocycles. The Morgan fingerprint density at radius 3 is 2.67 bits per heavy atom. The quantitative estimate of drug-likeness (QED) is 0.483. The number of halogens is 1. The van der Waals surface area contributed by atoms with E-state index in [1.807, 2.05) is 13.8 Å². The molecule has 6 nitrogen and oxygen atoms in total. The van der Waals surface area contributed by atoms with E-state index in [9.17, 15) is 10.1 Å². The van der Waals surface area contributed by atoms with Crippen LogP contribution in [0.2, 0.25) is 0 Å². The van der Waals surface area contributed by atoms with Gasteiger partial charge in [-0.05, 0) is 19.9 Å². The van der Waals surface area contributed by atoms with Crippen molar-refractivity contribution in [1.82, 2.24) is 9.78 Å². The summed E-state index contributed by atoms with van der Waals surface area (Å²) in [4.78, 5) is 10.5. The van der Waals surface area contributed by atoms with Gasteiger partial charge in [0.2, 0.25) is 0 Å². The van der Waals surface area contributed by atoms with E-state index in [0.717, 1.165) is 17.0 Å². The molecule has 0 amide bonds. The Bertz CT molecular complexity index is 682. The van der Waals surface area contributed by atoms with Crippen LogP contribution in [-0.4, -0.2) is 21.8 Å². The third kappa shape index (κ3) is 3.00. The van der Waals surface area contributed by atoms with Crippen molar-refractivity contribution in [1.29, 1.82) is 0 Å². The molecule has 112 valence electrons. The standard InChI is InChI=1S/C14H16ClN3O3/c1-9-13(7-15)10(2)17(16-9)8-11-6-12(18(19)20)4-5-14(11)21-3/h4-6H,7-8H2,1-3H3. The molecule has 21 heavy (non-hydrogen) atoms. The zero-order valence-electron chi connectivity index (χ0n) is 12.1. The molecule has 2 rings (SSSR count). The second-order valence-corrected chi connectivity index (χ2v) is 4.96. The molecule has 1 heterocycles. The average Bonchev–Trinajstić information content (AvgIpc) is 2.72. The molecule has 2 aromatic rings. The lowest BCUT2D eigenvalue weighted by Gasteiger charge is -2.10. The lowest BCUT2D eigenvalue weighted by molar-refractivity contribution is -0.384. The maximum atomic E-state index is 10.9. The number of ether oxygens (including phenoxy) is 1. The molecule has 0 unspecified atom stereocenters. The molecule has 0 spiro atoms. The highest BCUT2D eigenvalue weighted by atomic mass is 35.5. The van der Waals surface area contributed by atoms with Crippen LogP contribution >= 0.6 is 11.6 Å². The van der Waals surface area contributed by atoms with Gasteiger partial charge in [0.05, 0.1) is 30.2 Å². The van der Waals surface area contributed by atoms with Crippen LogP contribution in [0, 0.1) is 24.0 Å². The zero-order chi connectivity index (χ0) is 15.6. The number of aromatic nitrogens is 2. The molecule has 0 fully saturated rings. The maximum absolute atomic E-state index is 10.9. The maximum Gasteiger partial charge on any atom is 0.270 e. The number of hydrogen-bond acceptors (Lipinski definition) is 4. The second-order valence-electron chi connectivity index (χ2n) is 4.69. The van der Waals surface area contributed by atoms with Gasteiger partial charge in [0.25, 0.3) is 5.69 Å². The van der Waals surface area contributed by atoms with Crippen LogP contribution in [0.3, 0.4) is 0 Å². The number of aryl methyl sites for hydroxylation is 1. The monoisotopic (exact) mass is 309 g/mol. The van der Waals surface area contributed by atoms with Crippen molar-refractivity contribution >= 4 is 17.3 Å². The minimum absolute atomic E-state index is 0.0323. The van der Waals surface area contributed by atoms with Crippen LogP contribution in [0.15, 0.2) is 18.2 Å². The SMILES string of the molecule is COc1ccc([N+](=O)[O-])cc1Cn1nc(C)c(CCl)c1C. The van der Waals surface area contributed by atoms with Gasteiger partial charge in [-0.3, -0.25) is 14.8 Å². The van der Waals surface area contributed by atoms with Crippen LogP contribution in [0.25, 0.3) is 0 Å². The lowest BCUT2D eigenvalue weighted by atomic mass is 10.1. The first-order chi connectivity index (χ1) is 9.97. The van der Waals surface area contributed by atoms with Gasteiger partial charge in [0.1, 0.15) is 5.75 Å². The van der Waals surface area contributed by atoms with E-state index in [1.165, 1.54) is 19.2 Å². The molecule has 0 saturated carbocycles. The Kier molecular flexibility index (Phi) is 4.47. The molecule has 0 aliphatic rings. The first kappa shape index (κ1) is 15.3. The third-order valence-corrected chi connectivity index (χ3v) is 3.73. The van der Waals surface area contributed by atoms with Crippen LogP contribution < -0.4 is 4.74 Å². The summed E-state index contributed by atoms with van der Waals surface area (Å²) in [5.74, 6) is 0.990. The summed E-state index contributed by atoms with van der Waals surface area (Å²) < 4.78 is 7.05. The normalized spacial score (nSPS) is 10.7. The summed E-state index contributed by atoms with van der Waals surface area (Å²) in [5.41, 5.74) is 3.55. The van der Waals surface area contributed by atoms with Crippen molar-refractivity contribution in [3.63, 3.8) is 0 Å². The molecule has 1 aromatic heterocycles. The van der Waals surface area contributed by atoms with Gasteiger partial charge in [-0.2, -0.15) is 5.10 Å². The predicted molar refractivity (Wildman–Crippen MR) is 80.0 cm³/mol. The number of nitro benzene ring substituents is 1. The highest BCUT2D eigenvalue weighted by molar-refractivity contribution is 6.17. The van der Waals surface area contributed by atoms with Gasteiger partial charge in [0.15, 0.2) is 0 Å². The molecule has 0 radical (unpaired) electrons. The highest BCUT2D eigenvalue weighted by Crippen LogP contribution is 2.26. The van der Waals surface area contributed by atoms with Gasteiger partial charge in [0, 0.05) is 29.0 Å². The predicted octanol–water partition coefficient (Wildman–Crippen LogP) is 3.20. The van der Waals surface area contributed by atoms with Gasteiger partial charge in [-0.25, -0.2) is 0 Å². The number of benzene rings is 1. The summed E-state index contributed by atoms with van der Waals surface area (Å²) in [5, 5.41) is 15.3. The Morgan fingerprint density at radius 1 is 1.43 bits per heavy atom. The Balaban J connectivity index is 2.43. The van der Waals surface area contributed by atoms with Crippen LogP contribution in [0.5, 0.6) is 5.75 Å². The van der Waals surface area contributed by atoms with Crippen LogP contribution in [-0.2, 0) is 12.4 Å². The van der Waals surface area contributed by atoms with Gasteiger partial charge in [-0.1, -0.05) is 0 Å². The molecule has 0 N–H and O–H groups in total. The van der Waals surface area contributed by atoms with Crippen molar-refractivity contribution in [2.75, 3.05) is 7.11 Å². The molecule has 0 atom stereocenters. The minimum Gasteiger partial charge on any atom is -0.496 e. The summed E-state index contributed by atoms with van der Waals surface area (Å²) >= 11 is 5.91. The van der Waals surface area contributed by atoms with Crippen molar-refractivity contribution in [3.8, 4) is 5.75 Å².